The summed E-state index contributed by atoms with van der Waals surface area (Å²) in [5.41, 5.74) is 15.1. The molecule has 108 valence electrons. The van der Waals surface area contributed by atoms with Gasteiger partial charge >= 0.3 is 5.97 Å². The number of anilines is 2. The van der Waals surface area contributed by atoms with Crippen molar-refractivity contribution in [2.24, 2.45) is 0 Å². The molecule has 0 aliphatic heterocycles. The number of hydrogen-bond acceptors (Lipinski definition) is 4. The zero-order chi connectivity index (χ0) is 14.8. The van der Waals surface area contributed by atoms with E-state index in [4.69, 9.17) is 16.2 Å². The zero-order valence-electron chi connectivity index (χ0n) is 11.7. The van der Waals surface area contributed by atoms with Crippen LogP contribution in [-0.2, 0) is 11.2 Å². The number of aryl methyl sites for hydroxylation is 1. The summed E-state index contributed by atoms with van der Waals surface area (Å²) in [5.74, 6) is -0.379. The average molecular weight is 282 g/mol. The first-order valence-electron chi connectivity index (χ1n) is 7.08. The Kier molecular flexibility index (Phi) is 3.52. The van der Waals surface area contributed by atoms with Crippen LogP contribution in [0.5, 0.6) is 0 Å². The molecule has 0 fully saturated rings. The molecule has 1 aliphatic carbocycles. The highest BCUT2D eigenvalue weighted by molar-refractivity contribution is 5.92. The number of hydrogen-bond donors (Lipinski definition) is 2. The predicted molar refractivity (Wildman–Crippen MR) is 82.8 cm³/mol. The molecular weight excluding hydrogens is 264 g/mol. The minimum atomic E-state index is -0.379. The highest BCUT2D eigenvalue weighted by Crippen LogP contribution is 2.33. The summed E-state index contributed by atoms with van der Waals surface area (Å²) in [5, 5.41) is 0. The maximum Gasteiger partial charge on any atom is 0.338 e. The molecule has 2 aromatic carbocycles. The Morgan fingerprint density at radius 2 is 1.81 bits per heavy atom. The lowest BCUT2D eigenvalue weighted by Crippen LogP contribution is -2.17. The van der Waals surface area contributed by atoms with Crippen molar-refractivity contribution < 1.29 is 9.53 Å². The highest BCUT2D eigenvalue weighted by Gasteiger charge is 2.24. The van der Waals surface area contributed by atoms with Crippen LogP contribution in [0.4, 0.5) is 11.4 Å². The number of esters is 1. The number of benzene rings is 2. The Hall–Kier alpha value is -2.49. The van der Waals surface area contributed by atoms with Gasteiger partial charge in [0.1, 0.15) is 6.10 Å². The Bertz CT molecular complexity index is 662. The third-order valence-electron chi connectivity index (χ3n) is 3.78. The fourth-order valence-electron chi connectivity index (χ4n) is 2.82. The predicted octanol–water partition coefficient (Wildman–Crippen LogP) is 3.09. The van der Waals surface area contributed by atoms with Gasteiger partial charge < -0.3 is 16.2 Å². The lowest BCUT2D eigenvalue weighted by atomic mass is 9.89. The van der Waals surface area contributed by atoms with E-state index in [9.17, 15) is 4.79 Å². The summed E-state index contributed by atoms with van der Waals surface area (Å²) in [6.45, 7) is 0. The van der Waals surface area contributed by atoms with Gasteiger partial charge in [0.05, 0.1) is 5.56 Å². The van der Waals surface area contributed by atoms with E-state index in [1.807, 2.05) is 18.2 Å². The average Bonchev–Trinajstić information content (AvgIpc) is 2.46. The summed E-state index contributed by atoms with van der Waals surface area (Å²) in [7, 11) is 0. The van der Waals surface area contributed by atoms with Crippen molar-refractivity contribution in [3.63, 3.8) is 0 Å². The fourth-order valence-corrected chi connectivity index (χ4v) is 2.82. The van der Waals surface area contributed by atoms with Crippen LogP contribution in [0.15, 0.2) is 42.5 Å². The Morgan fingerprint density at radius 1 is 1.10 bits per heavy atom. The quantitative estimate of drug-likeness (QED) is 0.655. The Labute approximate surface area is 123 Å². The van der Waals surface area contributed by atoms with Crippen LogP contribution >= 0.6 is 0 Å². The van der Waals surface area contributed by atoms with Gasteiger partial charge in [0.2, 0.25) is 0 Å². The standard InChI is InChI=1S/C17H18N2O2/c18-13-8-12(9-14(19)10-13)17(20)21-16-7-3-5-11-4-1-2-6-15(11)16/h1-2,4,6,8-10,16H,3,5,7,18-19H2. The van der Waals surface area contributed by atoms with Crippen LogP contribution in [-0.4, -0.2) is 5.97 Å². The summed E-state index contributed by atoms with van der Waals surface area (Å²) in [6, 6.07) is 12.9. The molecule has 0 spiro atoms. The lowest BCUT2D eigenvalue weighted by Gasteiger charge is -2.25. The lowest BCUT2D eigenvalue weighted by molar-refractivity contribution is 0.0256. The molecule has 4 heteroatoms. The number of carbonyl (C=O) groups is 1. The molecule has 3 rings (SSSR count). The van der Waals surface area contributed by atoms with Crippen LogP contribution in [0.3, 0.4) is 0 Å². The molecule has 0 heterocycles. The van der Waals surface area contributed by atoms with E-state index in [1.54, 1.807) is 18.2 Å². The van der Waals surface area contributed by atoms with Crippen molar-refractivity contribution in [1.82, 2.24) is 0 Å². The van der Waals surface area contributed by atoms with Gasteiger partial charge in [0.15, 0.2) is 0 Å². The van der Waals surface area contributed by atoms with E-state index >= 15 is 0 Å². The monoisotopic (exact) mass is 282 g/mol. The first-order chi connectivity index (χ1) is 10.1. The molecule has 0 bridgehead atoms. The van der Waals surface area contributed by atoms with Gasteiger partial charge in [-0.25, -0.2) is 4.79 Å². The van der Waals surface area contributed by atoms with Gasteiger partial charge in [-0.1, -0.05) is 24.3 Å². The summed E-state index contributed by atoms with van der Waals surface area (Å²) < 4.78 is 5.66. The third-order valence-corrected chi connectivity index (χ3v) is 3.78. The molecule has 4 nitrogen and oxygen atoms in total. The van der Waals surface area contributed by atoms with Crippen molar-refractivity contribution in [2.45, 2.75) is 25.4 Å². The number of nitrogen functional groups attached to an aromatic ring is 2. The molecule has 4 N–H and O–H groups in total. The second kappa shape index (κ2) is 5.48. The number of nitrogens with two attached hydrogens (primary N) is 2. The number of fused-ring (bicyclic) bond motifs is 1. The van der Waals surface area contributed by atoms with E-state index < -0.39 is 0 Å². The molecular formula is C17H18N2O2. The van der Waals surface area contributed by atoms with Crippen LogP contribution in [0.25, 0.3) is 0 Å². The van der Waals surface area contributed by atoms with Gasteiger partial charge in [0, 0.05) is 11.4 Å². The van der Waals surface area contributed by atoms with E-state index in [0.717, 1.165) is 24.8 Å². The smallest absolute Gasteiger partial charge is 0.338 e. The number of carbonyl (C=O) groups excluding carboxylic acids is 1. The summed E-state index contributed by atoms with van der Waals surface area (Å²) in [6.07, 6.45) is 2.72. The molecule has 0 aromatic heterocycles. The molecule has 0 saturated heterocycles. The Morgan fingerprint density at radius 3 is 2.57 bits per heavy atom. The SMILES string of the molecule is Nc1cc(N)cc(C(=O)OC2CCCc3ccccc32)c1. The van der Waals surface area contributed by atoms with Gasteiger partial charge in [-0.2, -0.15) is 0 Å². The van der Waals surface area contributed by atoms with E-state index in [2.05, 4.69) is 6.07 Å². The first-order valence-corrected chi connectivity index (χ1v) is 7.08. The van der Waals surface area contributed by atoms with E-state index in [0.29, 0.717) is 16.9 Å². The van der Waals surface area contributed by atoms with Crippen LogP contribution < -0.4 is 11.5 Å². The van der Waals surface area contributed by atoms with Crippen molar-refractivity contribution >= 4 is 17.3 Å². The molecule has 21 heavy (non-hydrogen) atoms. The maximum absolute atomic E-state index is 12.3. The first kappa shape index (κ1) is 13.5. The van der Waals surface area contributed by atoms with Gasteiger partial charge in [-0.15, -0.1) is 0 Å². The van der Waals surface area contributed by atoms with Crippen molar-refractivity contribution in [2.75, 3.05) is 11.5 Å². The normalized spacial score (nSPS) is 17.0. The van der Waals surface area contributed by atoms with Crippen LogP contribution in [0.1, 0.15) is 40.4 Å². The van der Waals surface area contributed by atoms with Crippen molar-refractivity contribution in [1.29, 1.82) is 0 Å². The molecule has 1 atom stereocenters. The van der Waals surface area contributed by atoms with Gasteiger partial charge in [-0.05, 0) is 48.6 Å². The largest absolute Gasteiger partial charge is 0.454 e. The number of ether oxygens (including phenoxy) is 1. The minimum Gasteiger partial charge on any atom is -0.454 e. The van der Waals surface area contributed by atoms with Gasteiger partial charge in [0.25, 0.3) is 0 Å². The summed E-state index contributed by atoms with van der Waals surface area (Å²) >= 11 is 0. The van der Waals surface area contributed by atoms with Gasteiger partial charge in [-0.3, -0.25) is 0 Å². The summed E-state index contributed by atoms with van der Waals surface area (Å²) in [4.78, 5) is 12.3. The van der Waals surface area contributed by atoms with Crippen LogP contribution in [0, 0.1) is 0 Å². The van der Waals surface area contributed by atoms with Crippen molar-refractivity contribution in [3.8, 4) is 0 Å². The second-order valence-electron chi connectivity index (χ2n) is 5.37. The van der Waals surface area contributed by atoms with E-state index in [-0.39, 0.29) is 12.1 Å². The molecule has 1 unspecified atom stereocenters. The zero-order valence-corrected chi connectivity index (χ0v) is 11.7. The van der Waals surface area contributed by atoms with E-state index in [1.165, 1.54) is 5.56 Å². The Balaban J connectivity index is 1.82. The third kappa shape index (κ3) is 2.84. The molecule has 1 aliphatic rings. The molecule has 0 saturated carbocycles. The van der Waals surface area contributed by atoms with Crippen LogP contribution in [0.2, 0.25) is 0 Å². The topological polar surface area (TPSA) is 78.3 Å². The molecule has 2 aromatic rings. The minimum absolute atomic E-state index is 0.190. The second-order valence-corrected chi connectivity index (χ2v) is 5.37. The highest BCUT2D eigenvalue weighted by atomic mass is 16.5. The fraction of sp³-hybridized carbons (Fsp3) is 0.235. The molecule has 0 amide bonds. The van der Waals surface area contributed by atoms with Crippen molar-refractivity contribution in [3.05, 3.63) is 59.2 Å². The number of rotatable bonds is 2. The molecule has 0 radical (unpaired) electrons. The maximum atomic E-state index is 12.3.